The largest absolute Gasteiger partial charge is 0.490 e. The third-order valence-electron chi connectivity index (χ3n) is 5.43. The Morgan fingerprint density at radius 1 is 1.00 bits per heavy atom. The molecule has 0 aliphatic carbocycles. The third kappa shape index (κ3) is 6.14. The number of benzene rings is 3. The number of ether oxygens (including phenoxy) is 2. The maximum absolute atomic E-state index is 13.2. The highest BCUT2D eigenvalue weighted by Gasteiger charge is 2.37. The van der Waals surface area contributed by atoms with Gasteiger partial charge in [-0.1, -0.05) is 46.9 Å². The zero-order valence-electron chi connectivity index (χ0n) is 20.1. The van der Waals surface area contributed by atoms with Gasteiger partial charge in [-0.05, 0) is 48.9 Å². The van der Waals surface area contributed by atoms with Gasteiger partial charge < -0.3 is 9.47 Å². The van der Waals surface area contributed by atoms with Gasteiger partial charge in [0.1, 0.15) is 12.2 Å². The maximum atomic E-state index is 13.2. The molecule has 3 aromatic carbocycles. The van der Waals surface area contributed by atoms with E-state index in [2.05, 4.69) is 5.32 Å². The van der Waals surface area contributed by atoms with Crippen LogP contribution in [-0.4, -0.2) is 29.4 Å². The van der Waals surface area contributed by atoms with Crippen LogP contribution in [0.3, 0.4) is 0 Å². The van der Waals surface area contributed by atoms with Crippen LogP contribution in [0.2, 0.25) is 15.1 Å². The fourth-order valence-corrected chi connectivity index (χ4v) is 4.40. The molecular formula is C26H18Cl3N3O7. The Kier molecular flexibility index (Phi) is 8.39. The van der Waals surface area contributed by atoms with Crippen LogP contribution in [0, 0.1) is 10.1 Å². The summed E-state index contributed by atoms with van der Waals surface area (Å²) in [5, 5.41) is 14.2. The lowest BCUT2D eigenvalue weighted by molar-refractivity contribution is -0.384. The lowest BCUT2D eigenvalue weighted by atomic mass is 10.1. The van der Waals surface area contributed by atoms with Crippen molar-refractivity contribution in [3.63, 3.8) is 0 Å². The van der Waals surface area contributed by atoms with Gasteiger partial charge in [0, 0.05) is 27.7 Å². The molecule has 1 fully saturated rings. The number of nitrogens with one attached hydrogen (secondary N) is 1. The first kappa shape index (κ1) is 27.9. The van der Waals surface area contributed by atoms with Crippen LogP contribution in [-0.2, 0) is 16.2 Å². The molecule has 1 aliphatic rings. The van der Waals surface area contributed by atoms with E-state index in [9.17, 15) is 24.5 Å². The first-order valence-corrected chi connectivity index (χ1v) is 12.4. The van der Waals surface area contributed by atoms with Crippen molar-refractivity contribution in [2.75, 3.05) is 11.5 Å². The van der Waals surface area contributed by atoms with E-state index in [-0.39, 0.29) is 41.1 Å². The number of non-ortho nitro benzene ring substituents is 1. The maximum Gasteiger partial charge on any atom is 0.335 e. The molecule has 1 N–H and O–H groups in total. The van der Waals surface area contributed by atoms with Crippen LogP contribution in [0.4, 0.5) is 16.2 Å². The number of halogens is 3. The molecule has 0 aromatic heterocycles. The number of nitro groups is 1. The summed E-state index contributed by atoms with van der Waals surface area (Å²) in [5.74, 6) is -1.48. The zero-order valence-corrected chi connectivity index (χ0v) is 22.3. The number of barbiturate groups is 1. The number of carbonyl (C=O) groups is 3. The number of nitro benzene ring substituents is 1. The van der Waals surface area contributed by atoms with Crippen LogP contribution in [0.25, 0.3) is 6.08 Å². The molecule has 0 saturated carbocycles. The van der Waals surface area contributed by atoms with Crippen LogP contribution >= 0.6 is 34.8 Å². The summed E-state index contributed by atoms with van der Waals surface area (Å²) in [5.41, 5.74) is 0.136. The molecule has 1 heterocycles. The van der Waals surface area contributed by atoms with Crippen LogP contribution in [0.1, 0.15) is 18.1 Å². The summed E-state index contributed by atoms with van der Waals surface area (Å²) in [6.07, 6.45) is 1.22. The standard InChI is InChI=1S/C26H18Cl3N3O7/c1-2-38-22-10-14(9-21(29)23(22)39-13-15-6-7-16(27)11-20(15)28)8-19-24(33)30-26(35)31(25(19)34)17-4-3-5-18(12-17)32(36)37/h3-12H,2,13H2,1H3,(H,30,33,35)/b19-8+. The molecule has 39 heavy (non-hydrogen) atoms. The fourth-order valence-electron chi connectivity index (χ4n) is 3.67. The van der Waals surface area contributed by atoms with E-state index in [1.165, 1.54) is 36.4 Å². The highest BCUT2D eigenvalue weighted by molar-refractivity contribution is 6.39. The molecule has 1 aliphatic heterocycles. The topological polar surface area (TPSA) is 128 Å². The van der Waals surface area contributed by atoms with Gasteiger partial charge >= 0.3 is 6.03 Å². The van der Waals surface area contributed by atoms with Crippen molar-refractivity contribution >= 4 is 70.1 Å². The third-order valence-corrected chi connectivity index (χ3v) is 6.30. The number of hydrogen-bond acceptors (Lipinski definition) is 7. The quantitative estimate of drug-likeness (QED) is 0.143. The Balaban J connectivity index is 1.67. The molecule has 1 saturated heterocycles. The van der Waals surface area contributed by atoms with Crippen LogP contribution in [0.5, 0.6) is 11.5 Å². The molecule has 200 valence electrons. The van der Waals surface area contributed by atoms with Crippen molar-refractivity contribution < 1.29 is 28.8 Å². The Labute approximate surface area is 236 Å². The molecule has 0 spiro atoms. The van der Waals surface area contributed by atoms with E-state index < -0.39 is 28.3 Å². The number of imide groups is 2. The van der Waals surface area contributed by atoms with Gasteiger partial charge in [0.15, 0.2) is 11.5 Å². The number of hydrogen-bond donors (Lipinski definition) is 1. The van der Waals surface area contributed by atoms with Crippen LogP contribution in [0.15, 0.2) is 60.2 Å². The predicted molar refractivity (Wildman–Crippen MR) is 146 cm³/mol. The minimum atomic E-state index is -1.04. The van der Waals surface area contributed by atoms with E-state index in [1.54, 1.807) is 25.1 Å². The summed E-state index contributed by atoms with van der Waals surface area (Å²) in [6.45, 7) is 2.06. The number of amides is 4. The van der Waals surface area contributed by atoms with Crippen LogP contribution < -0.4 is 19.7 Å². The number of urea groups is 1. The minimum absolute atomic E-state index is 0.0530. The molecule has 0 atom stereocenters. The predicted octanol–water partition coefficient (Wildman–Crippen LogP) is 6.20. The first-order valence-electron chi connectivity index (χ1n) is 11.3. The number of nitrogens with zero attached hydrogens (tertiary/aromatic N) is 2. The van der Waals surface area contributed by atoms with Crippen molar-refractivity contribution in [3.8, 4) is 11.5 Å². The molecule has 0 bridgehead atoms. The number of carbonyl (C=O) groups excluding carboxylic acids is 3. The number of anilines is 1. The van der Waals surface area contributed by atoms with Gasteiger partial charge in [-0.15, -0.1) is 0 Å². The molecule has 4 rings (SSSR count). The Morgan fingerprint density at radius 3 is 2.46 bits per heavy atom. The first-order chi connectivity index (χ1) is 18.6. The zero-order chi connectivity index (χ0) is 28.3. The van der Waals surface area contributed by atoms with Crippen molar-refractivity contribution in [3.05, 3.63) is 96.5 Å². The summed E-state index contributed by atoms with van der Waals surface area (Å²) in [6, 6.07) is 11.8. The summed E-state index contributed by atoms with van der Waals surface area (Å²) in [4.78, 5) is 49.4. The fraction of sp³-hybridized carbons (Fsp3) is 0.115. The van der Waals surface area contributed by atoms with Gasteiger partial charge in [0.25, 0.3) is 17.5 Å². The average Bonchev–Trinajstić information content (AvgIpc) is 2.87. The number of rotatable bonds is 8. The second kappa shape index (κ2) is 11.7. The van der Waals surface area contributed by atoms with E-state index in [1.807, 2.05) is 0 Å². The normalized spacial score (nSPS) is 14.4. The molecule has 0 unspecified atom stereocenters. The second-order valence-electron chi connectivity index (χ2n) is 8.02. The van der Waals surface area contributed by atoms with Gasteiger partial charge in [-0.2, -0.15) is 0 Å². The van der Waals surface area contributed by atoms with Crippen molar-refractivity contribution in [1.82, 2.24) is 5.32 Å². The summed E-state index contributed by atoms with van der Waals surface area (Å²) < 4.78 is 11.6. The molecule has 10 nitrogen and oxygen atoms in total. The van der Waals surface area contributed by atoms with Gasteiger partial charge in [-0.25, -0.2) is 9.69 Å². The SMILES string of the molecule is CCOc1cc(/C=C2\C(=O)NC(=O)N(c3cccc([N+](=O)[O-])c3)C2=O)cc(Cl)c1OCc1ccc(Cl)cc1Cl. The van der Waals surface area contributed by atoms with Crippen molar-refractivity contribution in [2.24, 2.45) is 0 Å². The van der Waals surface area contributed by atoms with Crippen molar-refractivity contribution in [1.29, 1.82) is 0 Å². The summed E-state index contributed by atoms with van der Waals surface area (Å²) >= 11 is 18.6. The smallest absolute Gasteiger partial charge is 0.335 e. The Hall–Kier alpha value is -4.12. The van der Waals surface area contributed by atoms with Crippen molar-refractivity contribution in [2.45, 2.75) is 13.5 Å². The second-order valence-corrected chi connectivity index (χ2v) is 9.27. The monoisotopic (exact) mass is 589 g/mol. The van der Waals surface area contributed by atoms with E-state index >= 15 is 0 Å². The molecular weight excluding hydrogens is 573 g/mol. The van der Waals surface area contributed by atoms with Gasteiger partial charge in [0.2, 0.25) is 0 Å². The summed E-state index contributed by atoms with van der Waals surface area (Å²) in [7, 11) is 0. The lowest BCUT2D eigenvalue weighted by Gasteiger charge is -2.26. The highest BCUT2D eigenvalue weighted by atomic mass is 35.5. The van der Waals surface area contributed by atoms with Gasteiger partial charge in [0.05, 0.1) is 22.2 Å². The molecule has 4 amide bonds. The molecule has 0 radical (unpaired) electrons. The average molecular weight is 591 g/mol. The van der Waals surface area contributed by atoms with E-state index in [0.717, 1.165) is 6.07 Å². The highest BCUT2D eigenvalue weighted by Crippen LogP contribution is 2.38. The lowest BCUT2D eigenvalue weighted by Crippen LogP contribution is -2.54. The Bertz CT molecular complexity index is 1540. The Morgan fingerprint density at radius 2 is 1.77 bits per heavy atom. The molecule has 13 heteroatoms. The van der Waals surface area contributed by atoms with Gasteiger partial charge in [-0.3, -0.25) is 25.0 Å². The minimum Gasteiger partial charge on any atom is -0.490 e. The van der Waals surface area contributed by atoms with E-state index in [0.29, 0.717) is 26.1 Å². The molecule has 3 aromatic rings. The van der Waals surface area contributed by atoms with E-state index in [4.69, 9.17) is 44.3 Å².